The summed E-state index contributed by atoms with van der Waals surface area (Å²) >= 11 is 0. The smallest absolute Gasteiger partial charge is 0.123 e. The topological polar surface area (TPSA) is 15.3 Å². The second-order valence-corrected chi connectivity index (χ2v) is 5.18. The fourth-order valence-corrected chi connectivity index (χ4v) is 2.69. The van der Waals surface area contributed by atoms with Gasteiger partial charge in [-0.05, 0) is 49.6 Å². The lowest BCUT2D eigenvalue weighted by Gasteiger charge is -2.16. The number of hydrogen-bond donors (Lipinski definition) is 1. The molecule has 2 nitrogen and oxygen atoms in total. The second kappa shape index (κ2) is 6.74. The second-order valence-electron chi connectivity index (χ2n) is 5.18. The number of nitrogens with one attached hydrogen (secondary N) is 1. The van der Waals surface area contributed by atoms with E-state index >= 15 is 0 Å². The quantitative estimate of drug-likeness (QED) is 0.833. The van der Waals surface area contributed by atoms with Crippen LogP contribution in [0.25, 0.3) is 0 Å². The zero-order valence-corrected chi connectivity index (χ0v) is 11.2. The van der Waals surface area contributed by atoms with Crippen molar-refractivity contribution in [2.75, 3.05) is 31.5 Å². The monoisotopic (exact) mass is 250 g/mol. The average molecular weight is 250 g/mol. The summed E-state index contributed by atoms with van der Waals surface area (Å²) in [5, 5.41) is 3.34. The van der Waals surface area contributed by atoms with Gasteiger partial charge in [0.2, 0.25) is 0 Å². The number of benzene rings is 1. The number of anilines is 1. The normalized spacial score (nSPS) is 20.2. The van der Waals surface area contributed by atoms with Crippen LogP contribution in [0.4, 0.5) is 10.1 Å². The maximum absolute atomic E-state index is 12.7. The third-order valence-corrected chi connectivity index (χ3v) is 3.67. The van der Waals surface area contributed by atoms with Crippen molar-refractivity contribution in [3.63, 3.8) is 0 Å². The van der Waals surface area contributed by atoms with E-state index in [4.69, 9.17) is 0 Å². The Hall–Kier alpha value is -1.09. The van der Waals surface area contributed by atoms with Crippen LogP contribution < -0.4 is 5.32 Å². The number of halogens is 1. The lowest BCUT2D eigenvalue weighted by molar-refractivity contribution is 0.332. The van der Waals surface area contributed by atoms with E-state index in [1.807, 2.05) is 0 Å². The van der Waals surface area contributed by atoms with E-state index in [-0.39, 0.29) is 5.82 Å². The van der Waals surface area contributed by atoms with E-state index in [1.165, 1.54) is 44.5 Å². The van der Waals surface area contributed by atoms with Crippen molar-refractivity contribution >= 4 is 5.69 Å². The van der Waals surface area contributed by atoms with Crippen LogP contribution in [0.5, 0.6) is 0 Å². The fourth-order valence-electron chi connectivity index (χ4n) is 2.69. The Kier molecular flexibility index (Phi) is 5.00. The maximum atomic E-state index is 12.7. The van der Waals surface area contributed by atoms with Crippen LogP contribution >= 0.6 is 0 Å². The molecule has 1 aromatic rings. The van der Waals surface area contributed by atoms with E-state index in [2.05, 4.69) is 17.1 Å². The summed E-state index contributed by atoms with van der Waals surface area (Å²) in [6.07, 6.45) is 4.01. The van der Waals surface area contributed by atoms with Gasteiger partial charge in [0, 0.05) is 25.3 Å². The van der Waals surface area contributed by atoms with E-state index in [9.17, 15) is 4.39 Å². The molecule has 1 fully saturated rings. The molecular formula is C15H23FN2. The van der Waals surface area contributed by atoms with Crippen molar-refractivity contribution in [1.29, 1.82) is 0 Å². The van der Waals surface area contributed by atoms with Gasteiger partial charge in [-0.1, -0.05) is 13.3 Å². The Labute approximate surface area is 109 Å². The largest absolute Gasteiger partial charge is 0.384 e. The molecule has 1 heterocycles. The summed E-state index contributed by atoms with van der Waals surface area (Å²) in [7, 11) is 0. The summed E-state index contributed by atoms with van der Waals surface area (Å²) in [6, 6.07) is 6.57. The number of likely N-dealkylation sites (tertiary alicyclic amines) is 1. The molecule has 1 aliphatic heterocycles. The molecule has 1 aromatic carbocycles. The summed E-state index contributed by atoms with van der Waals surface area (Å²) in [4.78, 5) is 2.52. The molecule has 0 spiro atoms. The van der Waals surface area contributed by atoms with Gasteiger partial charge in [0.1, 0.15) is 5.82 Å². The van der Waals surface area contributed by atoms with E-state index in [0.29, 0.717) is 0 Å². The van der Waals surface area contributed by atoms with Crippen molar-refractivity contribution in [2.24, 2.45) is 5.92 Å². The Bertz CT molecular complexity index is 350. The van der Waals surface area contributed by atoms with E-state index < -0.39 is 0 Å². The Morgan fingerprint density at radius 1 is 1.33 bits per heavy atom. The van der Waals surface area contributed by atoms with Crippen LogP contribution in [-0.2, 0) is 0 Å². The summed E-state index contributed by atoms with van der Waals surface area (Å²) in [6.45, 7) is 6.76. The molecule has 3 heteroatoms. The number of rotatable bonds is 6. The molecule has 1 N–H and O–H groups in total. The predicted molar refractivity (Wildman–Crippen MR) is 74.3 cm³/mol. The predicted octanol–water partition coefficient (Wildman–Crippen LogP) is 3.36. The lowest BCUT2D eigenvalue weighted by Crippen LogP contribution is -2.27. The standard InChI is InChI=1S/C15H23FN2/c1-2-3-13-8-10-18(12-13)11-9-17-15-6-4-14(16)5-7-15/h4-7,13,17H,2-3,8-12H2,1H3. The van der Waals surface area contributed by atoms with Gasteiger partial charge in [0.15, 0.2) is 0 Å². The summed E-state index contributed by atoms with van der Waals surface area (Å²) in [5.41, 5.74) is 1.00. The van der Waals surface area contributed by atoms with Crippen molar-refractivity contribution in [3.8, 4) is 0 Å². The van der Waals surface area contributed by atoms with Gasteiger partial charge < -0.3 is 10.2 Å². The van der Waals surface area contributed by atoms with Crippen molar-refractivity contribution in [1.82, 2.24) is 4.90 Å². The minimum atomic E-state index is -0.178. The van der Waals surface area contributed by atoms with Gasteiger partial charge in [-0.15, -0.1) is 0 Å². The minimum absolute atomic E-state index is 0.178. The molecule has 1 saturated heterocycles. The SMILES string of the molecule is CCCC1CCN(CCNc2ccc(F)cc2)C1. The molecule has 18 heavy (non-hydrogen) atoms. The Balaban J connectivity index is 1.65. The number of hydrogen-bond acceptors (Lipinski definition) is 2. The Morgan fingerprint density at radius 3 is 2.83 bits per heavy atom. The van der Waals surface area contributed by atoms with Gasteiger partial charge in [0.05, 0.1) is 0 Å². The molecule has 0 aliphatic carbocycles. The van der Waals surface area contributed by atoms with Crippen LogP contribution in [0.3, 0.4) is 0 Å². The van der Waals surface area contributed by atoms with Crippen molar-refractivity contribution < 1.29 is 4.39 Å². The molecule has 1 atom stereocenters. The molecule has 0 saturated carbocycles. The van der Waals surface area contributed by atoms with Crippen LogP contribution in [-0.4, -0.2) is 31.1 Å². The van der Waals surface area contributed by atoms with Gasteiger partial charge in [-0.3, -0.25) is 0 Å². The first-order valence-corrected chi connectivity index (χ1v) is 6.99. The molecule has 1 unspecified atom stereocenters. The Morgan fingerprint density at radius 2 is 2.11 bits per heavy atom. The first-order valence-electron chi connectivity index (χ1n) is 6.99. The van der Waals surface area contributed by atoms with Crippen LogP contribution in [0.2, 0.25) is 0 Å². The summed E-state index contributed by atoms with van der Waals surface area (Å²) < 4.78 is 12.7. The average Bonchev–Trinajstić information content (AvgIpc) is 2.80. The van der Waals surface area contributed by atoms with Crippen molar-refractivity contribution in [3.05, 3.63) is 30.1 Å². The van der Waals surface area contributed by atoms with Crippen LogP contribution in [0.15, 0.2) is 24.3 Å². The lowest BCUT2D eigenvalue weighted by atomic mass is 10.0. The van der Waals surface area contributed by atoms with Gasteiger partial charge in [-0.2, -0.15) is 0 Å². The van der Waals surface area contributed by atoms with Gasteiger partial charge in [-0.25, -0.2) is 4.39 Å². The minimum Gasteiger partial charge on any atom is -0.384 e. The highest BCUT2D eigenvalue weighted by atomic mass is 19.1. The molecule has 0 bridgehead atoms. The zero-order valence-electron chi connectivity index (χ0n) is 11.2. The molecular weight excluding hydrogens is 227 g/mol. The highest BCUT2D eigenvalue weighted by Crippen LogP contribution is 2.20. The third-order valence-electron chi connectivity index (χ3n) is 3.67. The molecule has 0 radical (unpaired) electrons. The zero-order chi connectivity index (χ0) is 12.8. The maximum Gasteiger partial charge on any atom is 0.123 e. The first-order chi connectivity index (χ1) is 8.78. The molecule has 2 rings (SSSR count). The third kappa shape index (κ3) is 3.98. The summed E-state index contributed by atoms with van der Waals surface area (Å²) in [5.74, 6) is 0.725. The molecule has 0 aromatic heterocycles. The van der Waals surface area contributed by atoms with Crippen molar-refractivity contribution in [2.45, 2.75) is 26.2 Å². The van der Waals surface area contributed by atoms with Crippen LogP contribution in [0.1, 0.15) is 26.2 Å². The van der Waals surface area contributed by atoms with Gasteiger partial charge >= 0.3 is 0 Å². The van der Waals surface area contributed by atoms with Crippen LogP contribution in [0, 0.1) is 11.7 Å². The van der Waals surface area contributed by atoms with E-state index in [1.54, 1.807) is 12.1 Å². The molecule has 100 valence electrons. The fraction of sp³-hybridized carbons (Fsp3) is 0.600. The highest BCUT2D eigenvalue weighted by molar-refractivity contribution is 5.42. The number of nitrogens with zero attached hydrogens (tertiary/aromatic N) is 1. The van der Waals surface area contributed by atoms with E-state index in [0.717, 1.165) is 24.7 Å². The first kappa shape index (κ1) is 13.3. The highest BCUT2D eigenvalue weighted by Gasteiger charge is 2.20. The molecule has 1 aliphatic rings. The molecule has 0 amide bonds. The van der Waals surface area contributed by atoms with Gasteiger partial charge in [0.25, 0.3) is 0 Å².